The number of benzene rings is 3. The first-order chi connectivity index (χ1) is 11.6. The summed E-state index contributed by atoms with van der Waals surface area (Å²) in [5, 5.41) is 1.47. The van der Waals surface area contributed by atoms with E-state index in [1.54, 1.807) is 6.26 Å². The van der Waals surface area contributed by atoms with E-state index in [9.17, 15) is 8.77 Å². The molecule has 0 radical (unpaired) electrons. The fourth-order valence-electron chi connectivity index (χ4n) is 2.95. The smallest absolute Gasteiger partial charge is 0.162 e. The summed E-state index contributed by atoms with van der Waals surface area (Å²) in [4.78, 5) is -0.566. The third-order valence-corrected chi connectivity index (χ3v) is 9.78. The van der Waals surface area contributed by atoms with Crippen molar-refractivity contribution in [3.63, 3.8) is 0 Å². The van der Waals surface area contributed by atoms with Crippen LogP contribution in [-0.4, -0.2) is 10.5 Å². The second-order valence-corrected chi connectivity index (χ2v) is 10.3. The highest BCUT2D eigenvalue weighted by Crippen LogP contribution is 2.58. The van der Waals surface area contributed by atoms with Gasteiger partial charge in [0.05, 0.1) is 0 Å². The normalized spacial score (nSPS) is 14.0. The zero-order chi connectivity index (χ0) is 17.0. The monoisotopic (exact) mass is 354 g/mol. The molecule has 0 aliphatic heterocycles. The van der Waals surface area contributed by atoms with E-state index < -0.39 is 22.9 Å². The van der Waals surface area contributed by atoms with Crippen LogP contribution in [0.4, 0.5) is 0 Å². The Bertz CT molecular complexity index is 820. The maximum atomic E-state index is 14.4. The fraction of sp³-hybridized carbons (Fsp3) is 0.100. The van der Waals surface area contributed by atoms with E-state index in [1.807, 2.05) is 91.0 Å². The van der Waals surface area contributed by atoms with Crippen LogP contribution in [0.25, 0.3) is 0 Å². The van der Waals surface area contributed by atoms with E-state index in [4.69, 9.17) is 0 Å². The molecule has 0 spiro atoms. The molecule has 0 aliphatic rings. The third-order valence-electron chi connectivity index (χ3n) is 4.01. The molecule has 0 bridgehead atoms. The lowest BCUT2D eigenvalue weighted by atomic mass is 10.2. The summed E-state index contributed by atoms with van der Waals surface area (Å²) in [6.45, 7) is 0. The van der Waals surface area contributed by atoms with Gasteiger partial charge in [0.2, 0.25) is 0 Å². The lowest BCUT2D eigenvalue weighted by molar-refractivity contribution is 0.585. The van der Waals surface area contributed by atoms with Gasteiger partial charge in [-0.05, 0) is 5.56 Å². The van der Waals surface area contributed by atoms with Crippen LogP contribution in [0.5, 0.6) is 0 Å². The van der Waals surface area contributed by atoms with Crippen LogP contribution in [0.15, 0.2) is 91.0 Å². The molecule has 0 saturated heterocycles. The van der Waals surface area contributed by atoms with Gasteiger partial charge in [0.25, 0.3) is 0 Å². The molecule has 2 nitrogen and oxygen atoms in total. The van der Waals surface area contributed by atoms with E-state index >= 15 is 0 Å². The van der Waals surface area contributed by atoms with Crippen LogP contribution in [-0.2, 0) is 15.4 Å². The third kappa shape index (κ3) is 3.15. The maximum Gasteiger partial charge on any atom is 0.162 e. The lowest BCUT2D eigenvalue weighted by Gasteiger charge is -2.27. The average Bonchev–Trinajstić information content (AvgIpc) is 2.64. The minimum atomic E-state index is -3.11. The SMILES string of the molecule is C[S@](=O)[C@H](c1ccccc1)P(=O)(c1ccccc1)c1ccccc1. The second-order valence-electron chi connectivity index (χ2n) is 5.59. The van der Waals surface area contributed by atoms with E-state index in [0.717, 1.165) is 16.2 Å². The van der Waals surface area contributed by atoms with Crippen molar-refractivity contribution >= 4 is 28.6 Å². The van der Waals surface area contributed by atoms with Gasteiger partial charge in [-0.15, -0.1) is 0 Å². The van der Waals surface area contributed by atoms with Crippen molar-refractivity contribution in [2.45, 2.75) is 4.99 Å². The predicted octanol–water partition coefficient (Wildman–Crippen LogP) is 4.08. The Morgan fingerprint density at radius 2 is 1.08 bits per heavy atom. The Hall–Kier alpha value is -1.96. The van der Waals surface area contributed by atoms with Crippen molar-refractivity contribution in [1.29, 1.82) is 0 Å². The predicted molar refractivity (Wildman–Crippen MR) is 103 cm³/mol. The molecule has 122 valence electrons. The fourth-order valence-corrected chi connectivity index (χ4v) is 8.55. The Morgan fingerprint density at radius 3 is 1.46 bits per heavy atom. The van der Waals surface area contributed by atoms with Crippen LogP contribution in [0, 0.1) is 0 Å². The summed E-state index contributed by atoms with van der Waals surface area (Å²) < 4.78 is 27.0. The van der Waals surface area contributed by atoms with Crippen LogP contribution in [0.3, 0.4) is 0 Å². The summed E-state index contributed by atoms with van der Waals surface area (Å²) in [7, 11) is -4.40. The maximum absolute atomic E-state index is 14.4. The average molecular weight is 354 g/mol. The Kier molecular flexibility index (Phi) is 5.13. The minimum absolute atomic E-state index is 0.566. The summed E-state index contributed by atoms with van der Waals surface area (Å²) in [5.74, 6) is 0. The molecule has 0 aliphatic carbocycles. The highest BCUT2D eigenvalue weighted by molar-refractivity contribution is 7.98. The second kappa shape index (κ2) is 7.29. The van der Waals surface area contributed by atoms with E-state index in [-0.39, 0.29) is 0 Å². The van der Waals surface area contributed by atoms with Crippen LogP contribution in [0.2, 0.25) is 0 Å². The highest BCUT2D eigenvalue weighted by atomic mass is 32.2. The zero-order valence-electron chi connectivity index (χ0n) is 13.4. The molecular weight excluding hydrogens is 335 g/mol. The molecule has 4 heteroatoms. The van der Waals surface area contributed by atoms with Crippen LogP contribution >= 0.6 is 7.14 Å². The van der Waals surface area contributed by atoms with Crippen molar-refractivity contribution in [2.75, 3.05) is 6.26 Å². The van der Waals surface area contributed by atoms with Crippen molar-refractivity contribution in [3.8, 4) is 0 Å². The Morgan fingerprint density at radius 1 is 0.708 bits per heavy atom. The van der Waals surface area contributed by atoms with Crippen molar-refractivity contribution in [1.82, 2.24) is 0 Å². The lowest BCUT2D eigenvalue weighted by Crippen LogP contribution is -2.23. The molecule has 2 atom stereocenters. The van der Waals surface area contributed by atoms with E-state index in [1.165, 1.54) is 0 Å². The van der Waals surface area contributed by atoms with Crippen LogP contribution in [0.1, 0.15) is 10.6 Å². The molecular formula is C20H19O2PS. The standard InChI is InChI=1S/C20H19O2PS/c1-24(22)20(17-11-5-2-6-12-17)23(21,18-13-7-3-8-14-18)19-15-9-4-10-16-19/h2-16,20H,1H3/t20-,24+/m1/s1. The molecule has 0 N–H and O–H groups in total. The number of hydrogen-bond donors (Lipinski definition) is 0. The molecule has 3 aromatic rings. The van der Waals surface area contributed by atoms with E-state index in [2.05, 4.69) is 0 Å². The molecule has 24 heavy (non-hydrogen) atoms. The summed E-state index contributed by atoms with van der Waals surface area (Å²) in [6, 6.07) is 28.3. The zero-order valence-corrected chi connectivity index (χ0v) is 15.1. The minimum Gasteiger partial charge on any atom is -0.312 e. The quantitative estimate of drug-likeness (QED) is 0.647. The Balaban J connectivity index is 2.28. The molecule has 0 unspecified atom stereocenters. The van der Waals surface area contributed by atoms with Crippen LogP contribution < -0.4 is 10.6 Å². The Labute approximate surface area is 145 Å². The number of hydrogen-bond acceptors (Lipinski definition) is 2. The van der Waals surface area contributed by atoms with Gasteiger partial charge in [-0.3, -0.25) is 4.21 Å². The van der Waals surface area contributed by atoms with Gasteiger partial charge >= 0.3 is 0 Å². The van der Waals surface area contributed by atoms with Gasteiger partial charge in [0, 0.05) is 27.7 Å². The van der Waals surface area contributed by atoms with Crippen molar-refractivity contribution in [2.24, 2.45) is 0 Å². The summed E-state index contributed by atoms with van der Waals surface area (Å²) in [5.41, 5.74) is 0.842. The van der Waals surface area contributed by atoms with Gasteiger partial charge in [-0.25, -0.2) is 0 Å². The van der Waals surface area contributed by atoms with Gasteiger partial charge < -0.3 is 4.57 Å². The van der Waals surface area contributed by atoms with Gasteiger partial charge in [-0.1, -0.05) is 91.0 Å². The van der Waals surface area contributed by atoms with E-state index in [0.29, 0.717) is 0 Å². The van der Waals surface area contributed by atoms with Gasteiger partial charge in [0.1, 0.15) is 4.99 Å². The summed E-state index contributed by atoms with van der Waals surface area (Å²) in [6.07, 6.45) is 1.64. The molecule has 0 heterocycles. The molecule has 0 aromatic heterocycles. The first-order valence-corrected chi connectivity index (χ1v) is 11.1. The molecule has 0 saturated carbocycles. The molecule has 0 amide bonds. The summed E-state index contributed by atoms with van der Waals surface area (Å²) >= 11 is 0. The van der Waals surface area contributed by atoms with Crippen molar-refractivity contribution in [3.05, 3.63) is 96.6 Å². The largest absolute Gasteiger partial charge is 0.312 e. The van der Waals surface area contributed by atoms with Crippen molar-refractivity contribution < 1.29 is 8.77 Å². The van der Waals surface area contributed by atoms with Gasteiger partial charge in [0.15, 0.2) is 7.14 Å². The topological polar surface area (TPSA) is 34.1 Å². The first-order valence-electron chi connectivity index (χ1n) is 7.72. The van der Waals surface area contributed by atoms with Gasteiger partial charge in [-0.2, -0.15) is 0 Å². The number of rotatable bonds is 5. The highest BCUT2D eigenvalue weighted by Gasteiger charge is 2.40. The molecule has 3 rings (SSSR count). The molecule has 0 fully saturated rings. The molecule has 3 aromatic carbocycles. The first kappa shape index (κ1) is 16.9.